The Labute approximate surface area is 92.2 Å². The van der Waals surface area contributed by atoms with Crippen molar-refractivity contribution >= 4 is 17.5 Å². The van der Waals surface area contributed by atoms with Crippen molar-refractivity contribution < 1.29 is 15.0 Å². The second kappa shape index (κ2) is 3.61. The molecule has 0 spiro atoms. The van der Waals surface area contributed by atoms with Crippen LogP contribution in [0.3, 0.4) is 0 Å². The highest BCUT2D eigenvalue weighted by Crippen LogP contribution is 2.39. The number of rotatable bonds is 3. The van der Waals surface area contributed by atoms with Crippen LogP contribution in [0.1, 0.15) is 18.4 Å². The van der Waals surface area contributed by atoms with Crippen LogP contribution >= 0.6 is 0 Å². The Balaban J connectivity index is 2.34. The van der Waals surface area contributed by atoms with E-state index in [4.69, 9.17) is 10.8 Å². The molecule has 0 fully saturated rings. The normalized spacial score (nSPS) is 22.7. The van der Waals surface area contributed by atoms with E-state index in [2.05, 4.69) is 4.99 Å². The van der Waals surface area contributed by atoms with Crippen LogP contribution in [0.15, 0.2) is 29.3 Å². The van der Waals surface area contributed by atoms with E-state index >= 15 is 0 Å². The number of nitrogens with zero attached hydrogens (tertiary/aromatic N) is 1. The van der Waals surface area contributed by atoms with E-state index in [1.165, 1.54) is 0 Å². The van der Waals surface area contributed by atoms with Gasteiger partial charge in [0.15, 0.2) is 0 Å². The second-order valence-corrected chi connectivity index (χ2v) is 3.77. The van der Waals surface area contributed by atoms with Gasteiger partial charge in [-0.15, -0.1) is 0 Å². The number of aliphatic hydroxyl groups is 1. The summed E-state index contributed by atoms with van der Waals surface area (Å²) < 4.78 is 0. The summed E-state index contributed by atoms with van der Waals surface area (Å²) in [6.07, 6.45) is -0.115. The maximum Gasteiger partial charge on any atom is 0.303 e. The van der Waals surface area contributed by atoms with Crippen molar-refractivity contribution in [2.75, 3.05) is 0 Å². The van der Waals surface area contributed by atoms with Crippen molar-refractivity contribution in [1.29, 1.82) is 0 Å². The van der Waals surface area contributed by atoms with Crippen LogP contribution in [-0.4, -0.2) is 22.0 Å². The van der Waals surface area contributed by atoms with Crippen LogP contribution in [0.4, 0.5) is 5.69 Å². The lowest BCUT2D eigenvalue weighted by Gasteiger charge is -2.23. The molecular weight excluding hydrogens is 208 g/mol. The van der Waals surface area contributed by atoms with Gasteiger partial charge in [-0.2, -0.15) is 0 Å². The minimum absolute atomic E-state index is 0.0364. The second-order valence-electron chi connectivity index (χ2n) is 3.77. The summed E-state index contributed by atoms with van der Waals surface area (Å²) in [5.41, 5.74) is 5.40. The predicted octanol–water partition coefficient (Wildman–Crippen LogP) is 0.741. The SMILES string of the molecule is NC1=Nc2ccccc2C1(O)CCC(=O)O. The Morgan fingerprint density at radius 2 is 2.12 bits per heavy atom. The molecule has 1 atom stereocenters. The summed E-state index contributed by atoms with van der Waals surface area (Å²) >= 11 is 0. The number of aliphatic carboxylic acids is 1. The number of hydrogen-bond donors (Lipinski definition) is 3. The molecule has 1 aliphatic rings. The Hall–Kier alpha value is -1.88. The number of carboxylic acid groups (broad SMARTS) is 1. The number of aliphatic imine (C=N–C) groups is 1. The van der Waals surface area contributed by atoms with Gasteiger partial charge in [0.1, 0.15) is 11.4 Å². The van der Waals surface area contributed by atoms with Gasteiger partial charge >= 0.3 is 5.97 Å². The summed E-state index contributed by atoms with van der Waals surface area (Å²) in [5, 5.41) is 19.0. The lowest BCUT2D eigenvalue weighted by molar-refractivity contribution is -0.138. The van der Waals surface area contributed by atoms with Gasteiger partial charge in [0.25, 0.3) is 0 Å². The molecule has 0 saturated heterocycles. The Kier molecular flexibility index (Phi) is 2.40. The third-order valence-electron chi connectivity index (χ3n) is 2.71. The molecule has 1 aliphatic heterocycles. The van der Waals surface area contributed by atoms with Crippen LogP contribution in [0, 0.1) is 0 Å². The number of fused-ring (bicyclic) bond motifs is 1. The first-order valence-electron chi connectivity index (χ1n) is 4.92. The first-order chi connectivity index (χ1) is 7.54. The highest BCUT2D eigenvalue weighted by atomic mass is 16.4. The Morgan fingerprint density at radius 3 is 2.81 bits per heavy atom. The average Bonchev–Trinajstić information content (AvgIpc) is 2.50. The van der Waals surface area contributed by atoms with Crippen molar-refractivity contribution in [2.24, 2.45) is 10.7 Å². The molecular formula is C11H12N2O3. The quantitative estimate of drug-likeness (QED) is 0.700. The van der Waals surface area contributed by atoms with Crippen LogP contribution in [-0.2, 0) is 10.4 Å². The van der Waals surface area contributed by atoms with Gasteiger partial charge in [-0.05, 0) is 12.5 Å². The van der Waals surface area contributed by atoms with Gasteiger partial charge in [0.2, 0.25) is 0 Å². The molecule has 5 heteroatoms. The maximum atomic E-state index is 10.5. The number of amidine groups is 1. The molecule has 1 heterocycles. The van der Waals surface area contributed by atoms with Crippen molar-refractivity contribution in [3.05, 3.63) is 29.8 Å². The van der Waals surface area contributed by atoms with E-state index in [0.717, 1.165) is 0 Å². The van der Waals surface area contributed by atoms with Gasteiger partial charge < -0.3 is 15.9 Å². The van der Waals surface area contributed by atoms with Crippen LogP contribution in [0.2, 0.25) is 0 Å². The fourth-order valence-corrected chi connectivity index (χ4v) is 1.83. The molecule has 0 radical (unpaired) electrons. The van der Waals surface area contributed by atoms with E-state index in [1.807, 2.05) is 0 Å². The summed E-state index contributed by atoms with van der Waals surface area (Å²) in [6, 6.07) is 7.00. The number of carboxylic acids is 1. The van der Waals surface area contributed by atoms with E-state index in [-0.39, 0.29) is 18.7 Å². The van der Waals surface area contributed by atoms with Gasteiger partial charge in [-0.3, -0.25) is 4.79 Å². The summed E-state index contributed by atoms with van der Waals surface area (Å²) in [5.74, 6) is -0.902. The first kappa shape index (κ1) is 10.6. The molecule has 0 aliphatic carbocycles. The number of nitrogens with two attached hydrogens (primary N) is 1. The zero-order valence-corrected chi connectivity index (χ0v) is 8.55. The van der Waals surface area contributed by atoms with Gasteiger partial charge in [0, 0.05) is 12.0 Å². The molecule has 16 heavy (non-hydrogen) atoms. The van der Waals surface area contributed by atoms with E-state index in [0.29, 0.717) is 11.3 Å². The van der Waals surface area contributed by atoms with Crippen molar-refractivity contribution in [1.82, 2.24) is 0 Å². The number of carbonyl (C=O) groups is 1. The van der Waals surface area contributed by atoms with E-state index in [9.17, 15) is 9.90 Å². The topological polar surface area (TPSA) is 95.9 Å². The van der Waals surface area contributed by atoms with E-state index in [1.54, 1.807) is 24.3 Å². The first-order valence-corrected chi connectivity index (χ1v) is 4.92. The molecule has 1 aromatic rings. The van der Waals surface area contributed by atoms with Gasteiger partial charge in [-0.25, -0.2) is 4.99 Å². The minimum Gasteiger partial charge on any atom is -0.481 e. The molecule has 1 aromatic carbocycles. The molecule has 2 rings (SSSR count). The summed E-state index contributed by atoms with van der Waals surface area (Å²) in [4.78, 5) is 14.6. The molecule has 0 saturated carbocycles. The fourth-order valence-electron chi connectivity index (χ4n) is 1.83. The van der Waals surface area contributed by atoms with Gasteiger partial charge in [-0.1, -0.05) is 18.2 Å². The number of para-hydroxylation sites is 1. The molecule has 1 unspecified atom stereocenters. The molecule has 4 N–H and O–H groups in total. The lowest BCUT2D eigenvalue weighted by atomic mass is 9.89. The third-order valence-corrected chi connectivity index (χ3v) is 2.71. The maximum absolute atomic E-state index is 10.5. The molecule has 0 amide bonds. The van der Waals surface area contributed by atoms with E-state index < -0.39 is 11.6 Å². The number of benzene rings is 1. The van der Waals surface area contributed by atoms with Crippen LogP contribution in [0.25, 0.3) is 0 Å². The highest BCUT2D eigenvalue weighted by molar-refractivity contribution is 5.97. The zero-order valence-electron chi connectivity index (χ0n) is 8.55. The third kappa shape index (κ3) is 1.55. The predicted molar refractivity (Wildman–Crippen MR) is 58.5 cm³/mol. The number of hydrogen-bond acceptors (Lipinski definition) is 4. The average molecular weight is 220 g/mol. The van der Waals surface area contributed by atoms with Crippen LogP contribution < -0.4 is 5.73 Å². The monoisotopic (exact) mass is 220 g/mol. The molecule has 5 nitrogen and oxygen atoms in total. The lowest BCUT2D eigenvalue weighted by Crippen LogP contribution is -2.38. The highest BCUT2D eigenvalue weighted by Gasteiger charge is 2.40. The van der Waals surface area contributed by atoms with Crippen LogP contribution in [0.5, 0.6) is 0 Å². The summed E-state index contributed by atoms with van der Waals surface area (Å²) in [7, 11) is 0. The molecule has 0 aromatic heterocycles. The van der Waals surface area contributed by atoms with Crippen molar-refractivity contribution in [2.45, 2.75) is 18.4 Å². The minimum atomic E-state index is -1.44. The molecule has 84 valence electrons. The van der Waals surface area contributed by atoms with Crippen molar-refractivity contribution in [3.8, 4) is 0 Å². The summed E-state index contributed by atoms with van der Waals surface area (Å²) in [6.45, 7) is 0. The van der Waals surface area contributed by atoms with Crippen molar-refractivity contribution in [3.63, 3.8) is 0 Å². The largest absolute Gasteiger partial charge is 0.481 e. The molecule has 0 bridgehead atoms. The Morgan fingerprint density at radius 1 is 1.44 bits per heavy atom. The zero-order chi connectivity index (χ0) is 11.8. The fraction of sp³-hybridized carbons (Fsp3) is 0.273. The standard InChI is InChI=1S/C11H12N2O3/c12-10-11(16,6-5-9(14)15)7-3-1-2-4-8(7)13-10/h1-4,16H,5-6H2,(H2,12,13)(H,14,15). The van der Waals surface area contributed by atoms with Gasteiger partial charge in [0.05, 0.1) is 5.69 Å². The smallest absolute Gasteiger partial charge is 0.303 e. The Bertz CT molecular complexity index is 470.